The molecule has 4 nitrogen and oxygen atoms in total. The molecule has 0 radical (unpaired) electrons. The van der Waals surface area contributed by atoms with Crippen molar-refractivity contribution in [2.75, 3.05) is 13.7 Å². The highest BCUT2D eigenvalue weighted by Crippen LogP contribution is 2.29. The Labute approximate surface area is 99.1 Å². The molecular formula is C13H12O4. The summed E-state index contributed by atoms with van der Waals surface area (Å²) in [5, 5.41) is 0. The molecule has 1 heterocycles. The fourth-order valence-corrected chi connectivity index (χ4v) is 1.43. The van der Waals surface area contributed by atoms with Gasteiger partial charge in [-0.15, -0.1) is 0 Å². The smallest absolute Gasteiger partial charge is 0.382 e. The molecule has 88 valence electrons. The van der Waals surface area contributed by atoms with Gasteiger partial charge in [0.05, 0.1) is 13.7 Å². The second-order valence-corrected chi connectivity index (χ2v) is 3.34. The molecule has 0 N–H and O–H groups in total. The van der Waals surface area contributed by atoms with Gasteiger partial charge in [0, 0.05) is 11.6 Å². The van der Waals surface area contributed by atoms with E-state index in [4.69, 9.17) is 14.2 Å². The third kappa shape index (κ3) is 2.32. The summed E-state index contributed by atoms with van der Waals surface area (Å²) in [6, 6.07) is 5.37. The van der Waals surface area contributed by atoms with Crippen LogP contribution >= 0.6 is 0 Å². The number of carbonyl (C=O) groups is 1. The van der Waals surface area contributed by atoms with Gasteiger partial charge < -0.3 is 14.2 Å². The fourth-order valence-electron chi connectivity index (χ4n) is 1.43. The Kier molecular flexibility index (Phi) is 3.17. The van der Waals surface area contributed by atoms with Crippen LogP contribution in [0.3, 0.4) is 0 Å². The molecule has 0 unspecified atom stereocenters. The number of benzene rings is 1. The minimum absolute atomic E-state index is 0.0626. The molecule has 1 aliphatic heterocycles. The van der Waals surface area contributed by atoms with Crippen molar-refractivity contribution in [3.05, 3.63) is 35.3 Å². The SMILES string of the molecule is CCOC(=O)C1=C=Cc2ccc(OC)cc2O1. The Morgan fingerprint density at radius 2 is 2.29 bits per heavy atom. The lowest BCUT2D eigenvalue weighted by Crippen LogP contribution is -2.13. The molecule has 1 aromatic carbocycles. The zero-order valence-electron chi connectivity index (χ0n) is 9.65. The van der Waals surface area contributed by atoms with Gasteiger partial charge in [0.25, 0.3) is 5.76 Å². The molecule has 2 rings (SSSR count). The number of hydrogen-bond acceptors (Lipinski definition) is 4. The third-order valence-corrected chi connectivity index (χ3v) is 2.25. The monoisotopic (exact) mass is 232 g/mol. The lowest BCUT2D eigenvalue weighted by molar-refractivity contribution is -0.141. The number of rotatable bonds is 3. The maximum Gasteiger partial charge on any atom is 0.382 e. The first-order chi connectivity index (χ1) is 8.24. The first-order valence-corrected chi connectivity index (χ1v) is 5.24. The first-order valence-electron chi connectivity index (χ1n) is 5.24. The van der Waals surface area contributed by atoms with E-state index in [0.717, 1.165) is 5.56 Å². The van der Waals surface area contributed by atoms with Crippen molar-refractivity contribution < 1.29 is 19.0 Å². The predicted molar refractivity (Wildman–Crippen MR) is 61.7 cm³/mol. The van der Waals surface area contributed by atoms with Crippen LogP contribution < -0.4 is 9.47 Å². The highest BCUT2D eigenvalue weighted by Gasteiger charge is 2.17. The summed E-state index contributed by atoms with van der Waals surface area (Å²) in [4.78, 5) is 11.5. The molecule has 0 atom stereocenters. The largest absolute Gasteiger partial charge is 0.497 e. The molecule has 0 saturated heterocycles. The molecule has 0 spiro atoms. The molecular weight excluding hydrogens is 220 g/mol. The number of carbonyl (C=O) groups excluding carboxylic acids is 1. The fraction of sp³-hybridized carbons (Fsp3) is 0.231. The van der Waals surface area contributed by atoms with Crippen molar-refractivity contribution in [1.82, 2.24) is 0 Å². The maximum absolute atomic E-state index is 11.5. The van der Waals surface area contributed by atoms with Gasteiger partial charge in [0.2, 0.25) is 0 Å². The van der Waals surface area contributed by atoms with Crippen molar-refractivity contribution in [2.45, 2.75) is 6.92 Å². The Balaban J connectivity index is 2.28. The Bertz CT molecular complexity index is 510. The van der Waals surface area contributed by atoms with Crippen molar-refractivity contribution in [2.24, 2.45) is 0 Å². The summed E-state index contributed by atoms with van der Waals surface area (Å²) >= 11 is 0. The minimum Gasteiger partial charge on any atom is -0.497 e. The van der Waals surface area contributed by atoms with Crippen molar-refractivity contribution in [1.29, 1.82) is 0 Å². The average molecular weight is 232 g/mol. The molecule has 1 aromatic rings. The first kappa shape index (κ1) is 11.3. The van der Waals surface area contributed by atoms with Crippen LogP contribution in [0.4, 0.5) is 0 Å². The normalized spacial score (nSPS) is 12.2. The topological polar surface area (TPSA) is 44.8 Å². The molecule has 1 aliphatic rings. The van der Waals surface area contributed by atoms with Gasteiger partial charge >= 0.3 is 5.97 Å². The van der Waals surface area contributed by atoms with Crippen molar-refractivity contribution >= 4 is 12.0 Å². The second kappa shape index (κ2) is 4.76. The van der Waals surface area contributed by atoms with Gasteiger partial charge in [-0.2, -0.15) is 0 Å². The van der Waals surface area contributed by atoms with E-state index < -0.39 is 5.97 Å². The minimum atomic E-state index is -0.516. The van der Waals surface area contributed by atoms with Gasteiger partial charge in [0.15, 0.2) is 0 Å². The lowest BCUT2D eigenvalue weighted by Gasteiger charge is -2.13. The zero-order chi connectivity index (χ0) is 12.3. The lowest BCUT2D eigenvalue weighted by atomic mass is 10.1. The highest BCUT2D eigenvalue weighted by atomic mass is 16.6. The highest BCUT2D eigenvalue weighted by molar-refractivity contribution is 5.88. The van der Waals surface area contributed by atoms with Crippen LogP contribution in [0.1, 0.15) is 12.5 Å². The Morgan fingerprint density at radius 1 is 1.47 bits per heavy atom. The van der Waals surface area contributed by atoms with Gasteiger partial charge in [-0.05, 0) is 25.1 Å². The van der Waals surface area contributed by atoms with E-state index in [-0.39, 0.29) is 5.76 Å². The van der Waals surface area contributed by atoms with Crippen LogP contribution in [-0.2, 0) is 9.53 Å². The van der Waals surface area contributed by atoms with E-state index in [1.54, 1.807) is 26.2 Å². The summed E-state index contributed by atoms with van der Waals surface area (Å²) in [6.07, 6.45) is 1.69. The summed E-state index contributed by atoms with van der Waals surface area (Å²) in [7, 11) is 1.57. The number of ether oxygens (including phenoxy) is 3. The van der Waals surface area contributed by atoms with E-state index in [2.05, 4.69) is 5.73 Å². The molecule has 4 heteroatoms. The quantitative estimate of drug-likeness (QED) is 0.591. The van der Waals surface area contributed by atoms with E-state index in [0.29, 0.717) is 18.1 Å². The molecule has 0 saturated carbocycles. The Hall–Kier alpha value is -2.19. The number of methoxy groups -OCH3 is 1. The van der Waals surface area contributed by atoms with Crippen LogP contribution in [0.2, 0.25) is 0 Å². The summed E-state index contributed by atoms with van der Waals surface area (Å²) in [5.74, 6) is 0.776. The standard InChI is InChI=1S/C13H12O4/c1-3-16-13(14)11-7-5-9-4-6-10(15-2)8-12(9)17-11/h4-6,8H,3H2,1-2H3. The van der Waals surface area contributed by atoms with Gasteiger partial charge in [0.1, 0.15) is 11.5 Å². The van der Waals surface area contributed by atoms with Crippen LogP contribution in [0.15, 0.2) is 29.7 Å². The molecule has 0 aliphatic carbocycles. The van der Waals surface area contributed by atoms with Crippen molar-refractivity contribution in [3.8, 4) is 11.5 Å². The predicted octanol–water partition coefficient (Wildman–Crippen LogP) is 2.15. The van der Waals surface area contributed by atoms with Crippen LogP contribution in [0, 0.1) is 0 Å². The molecule has 0 amide bonds. The van der Waals surface area contributed by atoms with E-state index in [1.165, 1.54) is 0 Å². The third-order valence-electron chi connectivity index (χ3n) is 2.25. The van der Waals surface area contributed by atoms with Crippen LogP contribution in [-0.4, -0.2) is 19.7 Å². The van der Waals surface area contributed by atoms with Crippen molar-refractivity contribution in [3.63, 3.8) is 0 Å². The average Bonchev–Trinajstić information content (AvgIpc) is 2.37. The van der Waals surface area contributed by atoms with Gasteiger partial charge in [-0.25, -0.2) is 4.79 Å². The molecule has 0 bridgehead atoms. The summed E-state index contributed by atoms with van der Waals surface area (Å²) in [6.45, 7) is 2.04. The van der Waals surface area contributed by atoms with Crippen LogP contribution in [0.25, 0.3) is 6.08 Å². The number of fused-ring (bicyclic) bond motifs is 1. The van der Waals surface area contributed by atoms with E-state index in [1.807, 2.05) is 12.1 Å². The van der Waals surface area contributed by atoms with E-state index >= 15 is 0 Å². The maximum atomic E-state index is 11.5. The van der Waals surface area contributed by atoms with E-state index in [9.17, 15) is 4.79 Å². The second-order valence-electron chi connectivity index (χ2n) is 3.34. The number of hydrogen-bond donors (Lipinski definition) is 0. The summed E-state index contributed by atoms with van der Waals surface area (Å²) < 4.78 is 15.3. The molecule has 0 aromatic heterocycles. The number of esters is 1. The van der Waals surface area contributed by atoms with Crippen LogP contribution in [0.5, 0.6) is 11.5 Å². The van der Waals surface area contributed by atoms with Gasteiger partial charge in [-0.3, -0.25) is 0 Å². The summed E-state index contributed by atoms with van der Waals surface area (Å²) in [5.41, 5.74) is 3.60. The molecule has 17 heavy (non-hydrogen) atoms. The van der Waals surface area contributed by atoms with Gasteiger partial charge in [-0.1, -0.05) is 5.73 Å². The zero-order valence-corrected chi connectivity index (χ0v) is 9.65. The Morgan fingerprint density at radius 3 is 3.00 bits per heavy atom. The molecule has 0 fully saturated rings.